The first-order chi connectivity index (χ1) is 9.65. The number of aromatic nitrogens is 1. The summed E-state index contributed by atoms with van der Waals surface area (Å²) in [6.45, 7) is 6.10. The van der Waals surface area contributed by atoms with Gasteiger partial charge in [0.1, 0.15) is 5.76 Å². The summed E-state index contributed by atoms with van der Waals surface area (Å²) < 4.78 is 6.42. The lowest BCUT2D eigenvalue weighted by Gasteiger charge is -2.24. The van der Waals surface area contributed by atoms with Gasteiger partial charge < -0.3 is 4.52 Å². The van der Waals surface area contributed by atoms with Crippen molar-refractivity contribution in [2.45, 2.75) is 39.3 Å². The van der Waals surface area contributed by atoms with E-state index in [1.807, 2.05) is 13.8 Å². The summed E-state index contributed by atoms with van der Waals surface area (Å²) in [7, 11) is 0. The van der Waals surface area contributed by atoms with Gasteiger partial charge in [-0.1, -0.05) is 33.2 Å². The smallest absolute Gasteiger partial charge is 0.138 e. The van der Waals surface area contributed by atoms with Crippen molar-refractivity contribution in [2.24, 2.45) is 0 Å². The monoisotopic (exact) mass is 334 g/mol. The van der Waals surface area contributed by atoms with Crippen LogP contribution in [0.3, 0.4) is 0 Å². The Balaban J connectivity index is 1.81. The highest BCUT2D eigenvalue weighted by molar-refractivity contribution is 9.10. The number of nitrogens with zero attached hydrogens (tertiary/aromatic N) is 2. The zero-order valence-electron chi connectivity index (χ0n) is 11.9. The standard InChI is InChI=1S/C16H19BrN2O/c1-11-15(12(2)20-18-11)10-19-9-3-4-16(19)13-5-7-14(17)8-6-13/h5-8,16H,3-4,9-10H2,1-2H3. The predicted octanol–water partition coefficient (Wildman–Crippen LogP) is 4.39. The number of aryl methyl sites for hydroxylation is 2. The molecule has 1 aromatic carbocycles. The molecule has 4 heteroatoms. The molecule has 0 spiro atoms. The van der Waals surface area contributed by atoms with Crippen LogP contribution in [-0.4, -0.2) is 16.6 Å². The summed E-state index contributed by atoms with van der Waals surface area (Å²) in [4.78, 5) is 2.54. The Morgan fingerprint density at radius 3 is 2.70 bits per heavy atom. The first-order valence-corrected chi connectivity index (χ1v) is 7.85. The molecule has 0 N–H and O–H groups in total. The van der Waals surface area contributed by atoms with E-state index in [1.54, 1.807) is 0 Å². The van der Waals surface area contributed by atoms with E-state index in [0.717, 1.165) is 29.0 Å². The zero-order valence-corrected chi connectivity index (χ0v) is 13.5. The van der Waals surface area contributed by atoms with E-state index in [4.69, 9.17) is 4.52 Å². The molecule has 0 amide bonds. The molecule has 1 saturated heterocycles. The maximum Gasteiger partial charge on any atom is 0.138 e. The summed E-state index contributed by atoms with van der Waals surface area (Å²) in [5.74, 6) is 0.948. The molecule has 1 aliphatic heterocycles. The third-order valence-electron chi connectivity index (χ3n) is 4.16. The molecule has 1 fully saturated rings. The number of hydrogen-bond donors (Lipinski definition) is 0. The number of likely N-dealkylation sites (tertiary alicyclic amines) is 1. The van der Waals surface area contributed by atoms with Crippen LogP contribution >= 0.6 is 15.9 Å². The van der Waals surface area contributed by atoms with Crippen molar-refractivity contribution in [2.75, 3.05) is 6.54 Å². The van der Waals surface area contributed by atoms with Crippen molar-refractivity contribution in [3.63, 3.8) is 0 Å². The van der Waals surface area contributed by atoms with Crippen molar-refractivity contribution in [3.8, 4) is 0 Å². The number of benzene rings is 1. The Morgan fingerprint density at radius 2 is 2.05 bits per heavy atom. The number of rotatable bonds is 3. The molecule has 1 unspecified atom stereocenters. The molecule has 1 aliphatic rings. The first-order valence-electron chi connectivity index (χ1n) is 7.06. The Bertz CT molecular complexity index is 572. The van der Waals surface area contributed by atoms with Gasteiger partial charge in [-0.15, -0.1) is 0 Å². The van der Waals surface area contributed by atoms with E-state index >= 15 is 0 Å². The molecule has 0 saturated carbocycles. The highest BCUT2D eigenvalue weighted by atomic mass is 79.9. The van der Waals surface area contributed by atoms with Crippen LogP contribution in [0.15, 0.2) is 33.3 Å². The maximum absolute atomic E-state index is 5.28. The highest BCUT2D eigenvalue weighted by Gasteiger charge is 2.27. The Labute approximate surface area is 128 Å². The molecule has 1 aromatic heterocycles. The average Bonchev–Trinajstić information content (AvgIpc) is 3.02. The van der Waals surface area contributed by atoms with Crippen LogP contribution in [0.1, 0.15) is 41.5 Å². The minimum atomic E-state index is 0.511. The topological polar surface area (TPSA) is 29.3 Å². The van der Waals surface area contributed by atoms with Crippen LogP contribution in [0, 0.1) is 13.8 Å². The van der Waals surface area contributed by atoms with Gasteiger partial charge in [-0.05, 0) is 50.9 Å². The van der Waals surface area contributed by atoms with Crippen molar-refractivity contribution < 1.29 is 4.52 Å². The van der Waals surface area contributed by atoms with Gasteiger partial charge in [0.25, 0.3) is 0 Å². The predicted molar refractivity (Wildman–Crippen MR) is 82.5 cm³/mol. The molecule has 0 radical (unpaired) electrons. The Hall–Kier alpha value is -1.13. The third-order valence-corrected chi connectivity index (χ3v) is 4.69. The fraction of sp³-hybridized carbons (Fsp3) is 0.438. The van der Waals surface area contributed by atoms with Gasteiger partial charge in [0.2, 0.25) is 0 Å². The molecule has 1 atom stereocenters. The van der Waals surface area contributed by atoms with Gasteiger partial charge in [0.05, 0.1) is 5.69 Å². The van der Waals surface area contributed by atoms with Crippen LogP contribution in [0.2, 0.25) is 0 Å². The summed E-state index contributed by atoms with van der Waals surface area (Å²) >= 11 is 3.50. The van der Waals surface area contributed by atoms with Crippen molar-refractivity contribution >= 4 is 15.9 Å². The lowest BCUT2D eigenvalue weighted by Crippen LogP contribution is -2.23. The second-order valence-corrected chi connectivity index (χ2v) is 6.40. The zero-order chi connectivity index (χ0) is 14.1. The summed E-state index contributed by atoms with van der Waals surface area (Å²) in [6.07, 6.45) is 2.48. The fourth-order valence-corrected chi connectivity index (χ4v) is 3.27. The molecule has 3 rings (SSSR count). The van der Waals surface area contributed by atoms with Crippen LogP contribution in [0.25, 0.3) is 0 Å². The number of halogens is 1. The van der Waals surface area contributed by atoms with E-state index in [1.165, 1.54) is 24.0 Å². The lowest BCUT2D eigenvalue weighted by atomic mass is 10.0. The van der Waals surface area contributed by atoms with Crippen LogP contribution in [-0.2, 0) is 6.54 Å². The quantitative estimate of drug-likeness (QED) is 0.833. The SMILES string of the molecule is Cc1noc(C)c1CN1CCCC1c1ccc(Br)cc1. The molecule has 20 heavy (non-hydrogen) atoms. The first kappa shape index (κ1) is 13.8. The van der Waals surface area contributed by atoms with Gasteiger partial charge in [0.15, 0.2) is 0 Å². The normalized spacial score (nSPS) is 19.6. The molecule has 106 valence electrons. The van der Waals surface area contributed by atoms with Gasteiger partial charge in [-0.2, -0.15) is 0 Å². The molecular formula is C16H19BrN2O. The second kappa shape index (κ2) is 5.70. The molecule has 0 bridgehead atoms. The second-order valence-electron chi connectivity index (χ2n) is 5.48. The van der Waals surface area contributed by atoms with E-state index in [0.29, 0.717) is 6.04 Å². The van der Waals surface area contributed by atoms with E-state index in [2.05, 4.69) is 50.3 Å². The van der Waals surface area contributed by atoms with E-state index < -0.39 is 0 Å². The van der Waals surface area contributed by atoms with Crippen molar-refractivity contribution in [1.82, 2.24) is 10.1 Å². The van der Waals surface area contributed by atoms with Gasteiger partial charge in [-0.25, -0.2) is 0 Å². The van der Waals surface area contributed by atoms with Crippen molar-refractivity contribution in [1.29, 1.82) is 0 Å². The molecule has 3 nitrogen and oxygen atoms in total. The minimum Gasteiger partial charge on any atom is -0.361 e. The minimum absolute atomic E-state index is 0.511. The van der Waals surface area contributed by atoms with Crippen LogP contribution in [0.5, 0.6) is 0 Å². The highest BCUT2D eigenvalue weighted by Crippen LogP contribution is 2.34. The molecule has 2 aromatic rings. The molecular weight excluding hydrogens is 316 g/mol. The molecule has 2 heterocycles. The maximum atomic E-state index is 5.28. The third kappa shape index (κ3) is 2.67. The van der Waals surface area contributed by atoms with E-state index in [9.17, 15) is 0 Å². The Kier molecular flexibility index (Phi) is 3.94. The van der Waals surface area contributed by atoms with Crippen LogP contribution in [0.4, 0.5) is 0 Å². The van der Waals surface area contributed by atoms with Crippen LogP contribution < -0.4 is 0 Å². The average molecular weight is 335 g/mol. The largest absolute Gasteiger partial charge is 0.361 e. The lowest BCUT2D eigenvalue weighted by molar-refractivity contribution is 0.246. The fourth-order valence-electron chi connectivity index (χ4n) is 3.01. The summed E-state index contributed by atoms with van der Waals surface area (Å²) in [5.41, 5.74) is 3.66. The van der Waals surface area contributed by atoms with Gasteiger partial charge >= 0.3 is 0 Å². The number of hydrogen-bond acceptors (Lipinski definition) is 3. The molecule has 0 aliphatic carbocycles. The summed E-state index contributed by atoms with van der Waals surface area (Å²) in [6, 6.07) is 9.21. The van der Waals surface area contributed by atoms with E-state index in [-0.39, 0.29) is 0 Å². The van der Waals surface area contributed by atoms with Gasteiger partial charge in [-0.3, -0.25) is 4.90 Å². The Morgan fingerprint density at radius 1 is 1.30 bits per heavy atom. The summed E-state index contributed by atoms with van der Waals surface area (Å²) in [5, 5.41) is 4.06. The van der Waals surface area contributed by atoms with Gasteiger partial charge in [0, 0.05) is 22.6 Å². The van der Waals surface area contributed by atoms with Crippen molar-refractivity contribution in [3.05, 3.63) is 51.3 Å².